The molecule has 2 aromatic rings. The maximum atomic E-state index is 5.86. The summed E-state index contributed by atoms with van der Waals surface area (Å²) in [5.41, 5.74) is 4.82. The lowest BCUT2D eigenvalue weighted by molar-refractivity contribution is 1.35. The lowest BCUT2D eigenvalue weighted by atomic mass is 10.2. The fraction of sp³-hybridized carbons (Fsp3) is 0. The Bertz CT molecular complexity index is 523. The molecule has 86 valence electrons. The molecule has 0 bridgehead atoms. The van der Waals surface area contributed by atoms with Crippen LogP contribution in [0.2, 0.25) is 5.02 Å². The average Bonchev–Trinajstić information content (AvgIpc) is 2.32. The number of halogens is 2. The highest BCUT2D eigenvalue weighted by molar-refractivity contribution is 9.10. The van der Waals surface area contributed by atoms with E-state index in [9.17, 15) is 0 Å². The van der Waals surface area contributed by atoms with E-state index in [0.717, 1.165) is 15.7 Å². The first kappa shape index (κ1) is 12.1. The van der Waals surface area contributed by atoms with Gasteiger partial charge in [-0.3, -0.25) is 5.43 Å². The van der Waals surface area contributed by atoms with Crippen LogP contribution in [-0.4, -0.2) is 6.21 Å². The maximum absolute atomic E-state index is 5.86. The van der Waals surface area contributed by atoms with E-state index < -0.39 is 0 Å². The topological polar surface area (TPSA) is 24.4 Å². The predicted molar refractivity (Wildman–Crippen MR) is 76.8 cm³/mol. The normalized spacial score (nSPS) is 10.7. The number of benzene rings is 2. The third-order valence-electron chi connectivity index (χ3n) is 2.10. The minimum Gasteiger partial charge on any atom is -0.278 e. The van der Waals surface area contributed by atoms with Crippen molar-refractivity contribution in [2.45, 2.75) is 0 Å². The number of hydrogen-bond donors (Lipinski definition) is 1. The van der Waals surface area contributed by atoms with E-state index in [1.165, 1.54) is 0 Å². The smallest absolute Gasteiger partial charge is 0.0576 e. The van der Waals surface area contributed by atoms with Gasteiger partial charge in [0, 0.05) is 9.50 Å². The molecule has 17 heavy (non-hydrogen) atoms. The molecule has 2 aromatic carbocycles. The molecule has 2 nitrogen and oxygen atoms in total. The largest absolute Gasteiger partial charge is 0.278 e. The lowest BCUT2D eigenvalue weighted by Crippen LogP contribution is -1.90. The summed E-state index contributed by atoms with van der Waals surface area (Å²) in [7, 11) is 0. The summed E-state index contributed by atoms with van der Waals surface area (Å²) < 4.78 is 1.05. The zero-order chi connectivity index (χ0) is 12.1. The van der Waals surface area contributed by atoms with E-state index in [-0.39, 0.29) is 0 Å². The van der Waals surface area contributed by atoms with Crippen LogP contribution in [0.15, 0.2) is 58.1 Å². The van der Waals surface area contributed by atoms with Gasteiger partial charge in [-0.15, -0.1) is 0 Å². The van der Waals surface area contributed by atoms with Gasteiger partial charge in [0.1, 0.15) is 0 Å². The van der Waals surface area contributed by atoms with Crippen LogP contribution in [0.25, 0.3) is 0 Å². The van der Waals surface area contributed by atoms with Crippen molar-refractivity contribution in [3.8, 4) is 0 Å². The Morgan fingerprint density at radius 3 is 2.59 bits per heavy atom. The molecule has 0 amide bonds. The van der Waals surface area contributed by atoms with Crippen molar-refractivity contribution in [1.82, 2.24) is 0 Å². The molecule has 0 fully saturated rings. The van der Waals surface area contributed by atoms with E-state index in [1.54, 1.807) is 6.21 Å². The van der Waals surface area contributed by atoms with Crippen molar-refractivity contribution in [2.75, 3.05) is 5.43 Å². The zero-order valence-corrected chi connectivity index (χ0v) is 11.2. The second-order valence-electron chi connectivity index (χ2n) is 3.43. The van der Waals surface area contributed by atoms with Gasteiger partial charge in [-0.05, 0) is 35.9 Å². The molecule has 0 spiro atoms. The Balaban J connectivity index is 2.00. The van der Waals surface area contributed by atoms with Gasteiger partial charge in [0.15, 0.2) is 0 Å². The van der Waals surface area contributed by atoms with Crippen LogP contribution >= 0.6 is 27.5 Å². The van der Waals surface area contributed by atoms with Crippen molar-refractivity contribution in [3.63, 3.8) is 0 Å². The van der Waals surface area contributed by atoms with Gasteiger partial charge in [-0.25, -0.2) is 0 Å². The maximum Gasteiger partial charge on any atom is 0.0576 e. The highest BCUT2D eigenvalue weighted by Crippen LogP contribution is 2.14. The third kappa shape index (κ3) is 3.88. The second kappa shape index (κ2) is 5.84. The van der Waals surface area contributed by atoms with E-state index in [4.69, 9.17) is 11.6 Å². The number of hydrazone groups is 1. The van der Waals surface area contributed by atoms with Gasteiger partial charge in [0.2, 0.25) is 0 Å². The molecule has 0 saturated carbocycles. The van der Waals surface area contributed by atoms with Crippen molar-refractivity contribution in [3.05, 3.63) is 63.6 Å². The molecular weight excluding hydrogens is 300 g/mol. The van der Waals surface area contributed by atoms with Crippen molar-refractivity contribution in [2.24, 2.45) is 5.10 Å². The zero-order valence-electron chi connectivity index (χ0n) is 8.90. The standard InChI is InChI=1S/C13H10BrClN2/c14-11-6-4-10(5-7-11)9-16-17-13-3-1-2-12(15)8-13/h1-9,17H/b16-9-. The molecule has 0 aliphatic rings. The monoisotopic (exact) mass is 308 g/mol. The van der Waals surface area contributed by atoms with E-state index in [2.05, 4.69) is 26.5 Å². The Kier molecular flexibility index (Phi) is 4.18. The fourth-order valence-electron chi connectivity index (χ4n) is 1.29. The molecule has 0 aliphatic heterocycles. The molecule has 0 aromatic heterocycles. The number of nitrogens with zero attached hydrogens (tertiary/aromatic N) is 1. The number of anilines is 1. The summed E-state index contributed by atoms with van der Waals surface area (Å²) in [5, 5.41) is 4.82. The van der Waals surface area contributed by atoms with Crippen LogP contribution in [0.3, 0.4) is 0 Å². The first-order chi connectivity index (χ1) is 8.24. The SMILES string of the molecule is Clc1cccc(N/N=C\c2ccc(Br)cc2)c1. The molecule has 0 unspecified atom stereocenters. The molecule has 1 N–H and O–H groups in total. The summed E-state index contributed by atoms with van der Waals surface area (Å²) >= 11 is 9.24. The van der Waals surface area contributed by atoms with Crippen LogP contribution in [-0.2, 0) is 0 Å². The van der Waals surface area contributed by atoms with E-state index >= 15 is 0 Å². The predicted octanol–water partition coefficient (Wildman–Crippen LogP) is 4.55. The minimum absolute atomic E-state index is 0.689. The quantitative estimate of drug-likeness (QED) is 0.653. The molecule has 2 rings (SSSR count). The van der Waals surface area contributed by atoms with Gasteiger partial charge < -0.3 is 0 Å². The summed E-state index contributed by atoms with van der Waals surface area (Å²) in [5.74, 6) is 0. The highest BCUT2D eigenvalue weighted by atomic mass is 79.9. The molecule has 0 atom stereocenters. The fourth-order valence-corrected chi connectivity index (χ4v) is 1.74. The van der Waals surface area contributed by atoms with Crippen LogP contribution in [0, 0.1) is 0 Å². The molecular formula is C13H10BrClN2. The number of hydrogen-bond acceptors (Lipinski definition) is 2. The first-order valence-corrected chi connectivity index (χ1v) is 6.21. The van der Waals surface area contributed by atoms with E-state index in [0.29, 0.717) is 5.02 Å². The van der Waals surface area contributed by atoms with Gasteiger partial charge in [0.05, 0.1) is 11.9 Å². The average molecular weight is 310 g/mol. The minimum atomic E-state index is 0.689. The summed E-state index contributed by atoms with van der Waals surface area (Å²) in [6, 6.07) is 15.3. The van der Waals surface area contributed by atoms with Crippen molar-refractivity contribution < 1.29 is 0 Å². The molecule has 0 heterocycles. The van der Waals surface area contributed by atoms with Crippen LogP contribution in [0.1, 0.15) is 5.56 Å². The Hall–Kier alpha value is -1.32. The number of rotatable bonds is 3. The van der Waals surface area contributed by atoms with Crippen LogP contribution < -0.4 is 5.43 Å². The van der Waals surface area contributed by atoms with E-state index in [1.807, 2.05) is 48.5 Å². The molecule has 0 aliphatic carbocycles. The Morgan fingerprint density at radius 1 is 1.12 bits per heavy atom. The second-order valence-corrected chi connectivity index (χ2v) is 4.78. The highest BCUT2D eigenvalue weighted by Gasteiger charge is 1.91. The van der Waals surface area contributed by atoms with Crippen LogP contribution in [0.5, 0.6) is 0 Å². The summed E-state index contributed by atoms with van der Waals surface area (Å²) in [6.07, 6.45) is 1.76. The van der Waals surface area contributed by atoms with Gasteiger partial charge in [-0.2, -0.15) is 5.10 Å². The lowest BCUT2D eigenvalue weighted by Gasteiger charge is -2.00. The number of nitrogens with one attached hydrogen (secondary N) is 1. The van der Waals surface area contributed by atoms with Gasteiger partial charge in [0.25, 0.3) is 0 Å². The molecule has 4 heteroatoms. The van der Waals surface area contributed by atoms with Crippen molar-refractivity contribution in [1.29, 1.82) is 0 Å². The summed E-state index contributed by atoms with van der Waals surface area (Å²) in [6.45, 7) is 0. The Morgan fingerprint density at radius 2 is 1.88 bits per heavy atom. The van der Waals surface area contributed by atoms with Crippen LogP contribution in [0.4, 0.5) is 5.69 Å². The third-order valence-corrected chi connectivity index (χ3v) is 2.87. The summed E-state index contributed by atoms with van der Waals surface area (Å²) in [4.78, 5) is 0. The van der Waals surface area contributed by atoms with Crippen molar-refractivity contribution >= 4 is 39.4 Å². The van der Waals surface area contributed by atoms with Gasteiger partial charge in [-0.1, -0.05) is 45.7 Å². The Labute approximate surface area is 113 Å². The molecule has 0 saturated heterocycles. The molecule has 0 radical (unpaired) electrons. The van der Waals surface area contributed by atoms with Gasteiger partial charge >= 0.3 is 0 Å². The first-order valence-electron chi connectivity index (χ1n) is 5.04.